The fraction of sp³-hybridized carbons (Fsp3) is 0.235. The van der Waals surface area contributed by atoms with Gasteiger partial charge in [0.25, 0.3) is 10.0 Å². The van der Waals surface area contributed by atoms with Crippen LogP contribution < -0.4 is 9.62 Å². The maximum Gasteiger partial charge on any atom is 0.264 e. The topological polar surface area (TPSA) is 86.8 Å². The number of sulfonamides is 1. The van der Waals surface area contributed by atoms with Crippen LogP contribution in [0.5, 0.6) is 0 Å². The van der Waals surface area contributed by atoms with Crippen LogP contribution in [0.25, 0.3) is 0 Å². The lowest BCUT2D eigenvalue weighted by Crippen LogP contribution is -2.54. The van der Waals surface area contributed by atoms with E-state index in [9.17, 15) is 22.4 Å². The van der Waals surface area contributed by atoms with Gasteiger partial charge in [0.1, 0.15) is 18.4 Å². The Morgan fingerprint density at radius 1 is 0.791 bits per heavy atom. The average molecular weight is 602 g/mol. The first-order chi connectivity index (χ1) is 20.5. The minimum Gasteiger partial charge on any atom is -0.352 e. The highest BCUT2D eigenvalue weighted by Gasteiger charge is 2.34. The number of carbonyl (C=O) groups is 2. The number of hydrogen-bond donors (Lipinski definition) is 1. The summed E-state index contributed by atoms with van der Waals surface area (Å²) in [7, 11) is -4.17. The fourth-order valence-electron chi connectivity index (χ4n) is 4.68. The van der Waals surface area contributed by atoms with Crippen molar-refractivity contribution in [2.24, 2.45) is 0 Å². The predicted octanol–water partition coefficient (Wildman–Crippen LogP) is 5.49. The number of para-hydroxylation sites is 1. The standard InChI is InChI=1S/C34H36FN3O4S/c1-25(2)36-34(40)32(22-27-10-6-4-7-11-27)37(23-28-16-18-29(35)19-17-28)33(39)24-38(30-12-8-5-9-13-30)43(41,42)31-20-14-26(3)15-21-31/h4-21,25,32H,22-24H2,1-3H3,(H,36,40). The first kappa shape index (κ1) is 31.4. The third-order valence-electron chi connectivity index (χ3n) is 6.90. The molecule has 43 heavy (non-hydrogen) atoms. The molecule has 4 aromatic rings. The van der Waals surface area contributed by atoms with E-state index in [2.05, 4.69) is 5.32 Å². The zero-order valence-corrected chi connectivity index (χ0v) is 25.3. The van der Waals surface area contributed by atoms with E-state index in [-0.39, 0.29) is 29.8 Å². The number of hydrogen-bond acceptors (Lipinski definition) is 4. The molecular weight excluding hydrogens is 565 g/mol. The number of amides is 2. The van der Waals surface area contributed by atoms with Crippen LogP contribution in [0.2, 0.25) is 0 Å². The molecule has 0 aliphatic carbocycles. The van der Waals surface area contributed by atoms with E-state index in [1.54, 1.807) is 54.6 Å². The van der Waals surface area contributed by atoms with Crippen LogP contribution in [-0.2, 0) is 32.6 Å². The van der Waals surface area contributed by atoms with Gasteiger partial charge >= 0.3 is 0 Å². The molecule has 0 spiro atoms. The Morgan fingerprint density at radius 2 is 1.37 bits per heavy atom. The number of halogens is 1. The van der Waals surface area contributed by atoms with Gasteiger partial charge in [-0.15, -0.1) is 0 Å². The maximum absolute atomic E-state index is 14.3. The average Bonchev–Trinajstić information content (AvgIpc) is 2.99. The summed E-state index contributed by atoms with van der Waals surface area (Å²) in [5.74, 6) is -1.38. The van der Waals surface area contributed by atoms with Crippen LogP contribution in [0.1, 0.15) is 30.5 Å². The van der Waals surface area contributed by atoms with Gasteiger partial charge in [0.2, 0.25) is 11.8 Å². The van der Waals surface area contributed by atoms with Crippen LogP contribution in [0.3, 0.4) is 0 Å². The zero-order valence-electron chi connectivity index (χ0n) is 24.5. The molecule has 0 bridgehead atoms. The van der Waals surface area contributed by atoms with Crippen molar-refractivity contribution < 1.29 is 22.4 Å². The quantitative estimate of drug-likeness (QED) is 0.233. The molecule has 0 fully saturated rings. The monoisotopic (exact) mass is 601 g/mol. The van der Waals surface area contributed by atoms with Crippen LogP contribution in [0.15, 0.2) is 114 Å². The second-order valence-corrected chi connectivity index (χ2v) is 12.5. The molecule has 224 valence electrons. The molecule has 0 aliphatic heterocycles. The van der Waals surface area contributed by atoms with Crippen molar-refractivity contribution in [3.63, 3.8) is 0 Å². The van der Waals surface area contributed by atoms with Gasteiger partial charge in [0, 0.05) is 19.0 Å². The summed E-state index contributed by atoms with van der Waals surface area (Å²) in [4.78, 5) is 29.4. The molecule has 4 rings (SSSR count). The maximum atomic E-state index is 14.3. The van der Waals surface area contributed by atoms with Crippen molar-refractivity contribution in [2.45, 2.75) is 50.7 Å². The minimum absolute atomic E-state index is 0.0324. The Balaban J connectivity index is 1.78. The molecule has 0 saturated carbocycles. The number of nitrogens with one attached hydrogen (secondary N) is 1. The molecule has 0 aliphatic rings. The summed E-state index contributed by atoms with van der Waals surface area (Å²) >= 11 is 0. The van der Waals surface area contributed by atoms with Crippen molar-refractivity contribution in [3.05, 3.63) is 132 Å². The molecule has 0 radical (unpaired) electrons. The summed E-state index contributed by atoms with van der Waals surface area (Å²) in [6.07, 6.45) is 0.197. The van der Waals surface area contributed by atoms with Gasteiger partial charge in [-0.25, -0.2) is 12.8 Å². The molecular formula is C34H36FN3O4S. The van der Waals surface area contributed by atoms with E-state index in [0.29, 0.717) is 11.3 Å². The molecule has 9 heteroatoms. The summed E-state index contributed by atoms with van der Waals surface area (Å²) in [6, 6.07) is 28.6. The number of rotatable bonds is 12. The molecule has 0 aromatic heterocycles. The van der Waals surface area contributed by atoms with Crippen LogP contribution >= 0.6 is 0 Å². The lowest BCUT2D eigenvalue weighted by atomic mass is 10.0. The first-order valence-corrected chi connectivity index (χ1v) is 15.5. The highest BCUT2D eigenvalue weighted by Crippen LogP contribution is 2.25. The number of anilines is 1. The molecule has 7 nitrogen and oxygen atoms in total. The summed E-state index contributed by atoms with van der Waals surface area (Å²) < 4.78 is 42.8. The lowest BCUT2D eigenvalue weighted by molar-refractivity contribution is -0.140. The Labute approximate surface area is 253 Å². The van der Waals surface area contributed by atoms with E-state index in [1.165, 1.54) is 29.2 Å². The Morgan fingerprint density at radius 3 is 1.95 bits per heavy atom. The van der Waals surface area contributed by atoms with Crippen LogP contribution in [0.4, 0.5) is 10.1 Å². The smallest absolute Gasteiger partial charge is 0.264 e. The highest BCUT2D eigenvalue weighted by molar-refractivity contribution is 7.92. The molecule has 1 N–H and O–H groups in total. The summed E-state index contributed by atoms with van der Waals surface area (Å²) in [5, 5.41) is 2.92. The summed E-state index contributed by atoms with van der Waals surface area (Å²) in [6.45, 7) is 4.93. The third kappa shape index (κ3) is 8.29. The van der Waals surface area contributed by atoms with Crippen molar-refractivity contribution in [1.82, 2.24) is 10.2 Å². The van der Waals surface area contributed by atoms with Gasteiger partial charge in [-0.1, -0.05) is 78.4 Å². The second kappa shape index (κ2) is 14.1. The fourth-order valence-corrected chi connectivity index (χ4v) is 6.10. The zero-order chi connectivity index (χ0) is 31.0. The molecule has 0 heterocycles. The molecule has 1 unspecified atom stereocenters. The number of carbonyl (C=O) groups excluding carboxylic acids is 2. The normalized spacial score (nSPS) is 12.0. The molecule has 4 aromatic carbocycles. The Kier molecular flexibility index (Phi) is 10.3. The Hall–Kier alpha value is -4.50. The SMILES string of the molecule is Cc1ccc(S(=O)(=O)N(CC(=O)N(Cc2ccc(F)cc2)C(Cc2ccccc2)C(=O)NC(C)C)c2ccccc2)cc1. The third-order valence-corrected chi connectivity index (χ3v) is 8.69. The first-order valence-electron chi connectivity index (χ1n) is 14.1. The van der Waals surface area contributed by atoms with E-state index >= 15 is 0 Å². The molecule has 0 saturated heterocycles. The van der Waals surface area contributed by atoms with Crippen molar-refractivity contribution >= 4 is 27.5 Å². The van der Waals surface area contributed by atoms with Gasteiger partial charge in [-0.3, -0.25) is 13.9 Å². The Bertz CT molecular complexity index is 1610. The number of aryl methyl sites for hydroxylation is 1. The van der Waals surface area contributed by atoms with E-state index in [4.69, 9.17) is 0 Å². The van der Waals surface area contributed by atoms with Gasteiger partial charge in [0.05, 0.1) is 10.6 Å². The highest BCUT2D eigenvalue weighted by atomic mass is 32.2. The molecule has 2 amide bonds. The largest absolute Gasteiger partial charge is 0.352 e. The van der Waals surface area contributed by atoms with Crippen molar-refractivity contribution in [2.75, 3.05) is 10.8 Å². The molecule has 1 atom stereocenters. The van der Waals surface area contributed by atoms with Gasteiger partial charge in [-0.05, 0) is 68.3 Å². The van der Waals surface area contributed by atoms with E-state index < -0.39 is 34.3 Å². The van der Waals surface area contributed by atoms with Crippen LogP contribution in [0, 0.1) is 12.7 Å². The van der Waals surface area contributed by atoms with Crippen LogP contribution in [-0.4, -0.2) is 43.8 Å². The predicted molar refractivity (Wildman–Crippen MR) is 166 cm³/mol. The van der Waals surface area contributed by atoms with Crippen molar-refractivity contribution in [3.8, 4) is 0 Å². The van der Waals surface area contributed by atoms with Gasteiger partial charge in [0.15, 0.2) is 0 Å². The second-order valence-electron chi connectivity index (χ2n) is 10.7. The van der Waals surface area contributed by atoms with E-state index in [1.807, 2.05) is 51.1 Å². The van der Waals surface area contributed by atoms with Crippen molar-refractivity contribution in [1.29, 1.82) is 0 Å². The lowest BCUT2D eigenvalue weighted by Gasteiger charge is -2.34. The van der Waals surface area contributed by atoms with E-state index in [0.717, 1.165) is 15.4 Å². The minimum atomic E-state index is -4.17. The van der Waals surface area contributed by atoms with Gasteiger partial charge < -0.3 is 10.2 Å². The summed E-state index contributed by atoms with van der Waals surface area (Å²) in [5.41, 5.74) is 2.63. The van der Waals surface area contributed by atoms with Gasteiger partial charge in [-0.2, -0.15) is 0 Å². The number of nitrogens with zero attached hydrogens (tertiary/aromatic N) is 2. The number of benzene rings is 4.